The zero-order valence-electron chi connectivity index (χ0n) is 5.95. The van der Waals surface area contributed by atoms with E-state index >= 15 is 0 Å². The van der Waals surface area contributed by atoms with Gasteiger partial charge in [0.05, 0.1) is 19.3 Å². The molecule has 0 aliphatic carbocycles. The number of hydrogen-bond acceptors (Lipinski definition) is 2. The monoisotopic (exact) mass is 142 g/mol. The lowest BCUT2D eigenvalue weighted by atomic mass is 10.2. The fraction of sp³-hybridized carbons (Fsp3) is 1.00. The molecule has 0 saturated carbocycles. The molecule has 0 aromatic heterocycles. The molecule has 2 saturated heterocycles. The third kappa shape index (κ3) is 1.17. The van der Waals surface area contributed by atoms with Crippen LogP contribution in [0.3, 0.4) is 0 Å². The molecule has 3 heteroatoms. The first-order valence-electron chi connectivity index (χ1n) is 3.86. The average Bonchev–Trinajstić information content (AvgIpc) is 2.59. The summed E-state index contributed by atoms with van der Waals surface area (Å²) in [6.07, 6.45) is 2.33. The standard InChI is InChI=1S/C7H12NO2/c1-2-6(8-3-1)7-9-4-5-10-7/h6-7H,1-5H2. The Balaban J connectivity index is 1.85. The first-order chi connectivity index (χ1) is 4.97. The van der Waals surface area contributed by atoms with Gasteiger partial charge in [0, 0.05) is 6.54 Å². The summed E-state index contributed by atoms with van der Waals surface area (Å²) in [4.78, 5) is 0. The highest BCUT2D eigenvalue weighted by Crippen LogP contribution is 2.17. The maximum absolute atomic E-state index is 5.32. The Kier molecular flexibility index (Phi) is 1.88. The highest BCUT2D eigenvalue weighted by Gasteiger charge is 2.29. The van der Waals surface area contributed by atoms with Gasteiger partial charge in [-0.15, -0.1) is 0 Å². The molecule has 57 valence electrons. The molecule has 1 atom stereocenters. The van der Waals surface area contributed by atoms with Crippen LogP contribution in [-0.2, 0) is 9.47 Å². The van der Waals surface area contributed by atoms with Crippen molar-refractivity contribution in [3.05, 3.63) is 0 Å². The van der Waals surface area contributed by atoms with Crippen molar-refractivity contribution in [2.45, 2.75) is 25.2 Å². The fourth-order valence-electron chi connectivity index (χ4n) is 1.47. The maximum atomic E-state index is 5.32. The molecule has 0 N–H and O–H groups in total. The van der Waals surface area contributed by atoms with Crippen LogP contribution in [0.15, 0.2) is 0 Å². The predicted molar refractivity (Wildman–Crippen MR) is 35.7 cm³/mol. The third-order valence-electron chi connectivity index (χ3n) is 1.98. The van der Waals surface area contributed by atoms with Crippen molar-refractivity contribution in [2.24, 2.45) is 0 Å². The minimum absolute atomic E-state index is 0.0116. The maximum Gasteiger partial charge on any atom is 0.174 e. The van der Waals surface area contributed by atoms with Crippen LogP contribution < -0.4 is 5.32 Å². The van der Waals surface area contributed by atoms with Crippen molar-refractivity contribution >= 4 is 0 Å². The molecule has 0 aromatic rings. The molecular weight excluding hydrogens is 130 g/mol. The van der Waals surface area contributed by atoms with Crippen LogP contribution in [0.2, 0.25) is 0 Å². The topological polar surface area (TPSA) is 32.6 Å². The highest BCUT2D eigenvalue weighted by molar-refractivity contribution is 4.78. The average molecular weight is 142 g/mol. The SMILES string of the molecule is C1C[N]C(C2OCCO2)C1. The number of hydrogen-bond donors (Lipinski definition) is 0. The molecule has 0 amide bonds. The van der Waals surface area contributed by atoms with Crippen molar-refractivity contribution < 1.29 is 9.47 Å². The van der Waals surface area contributed by atoms with Crippen LogP contribution in [0, 0.1) is 0 Å². The van der Waals surface area contributed by atoms with E-state index in [4.69, 9.17) is 9.47 Å². The van der Waals surface area contributed by atoms with E-state index in [1.54, 1.807) is 0 Å². The quantitative estimate of drug-likeness (QED) is 0.521. The molecular formula is C7H12NO2. The molecule has 2 aliphatic rings. The van der Waals surface area contributed by atoms with Gasteiger partial charge in [0.15, 0.2) is 6.29 Å². The summed E-state index contributed by atoms with van der Waals surface area (Å²) in [6.45, 7) is 2.49. The third-order valence-corrected chi connectivity index (χ3v) is 1.98. The van der Waals surface area contributed by atoms with Gasteiger partial charge in [-0.05, 0) is 12.8 Å². The Morgan fingerprint density at radius 1 is 1.20 bits per heavy atom. The largest absolute Gasteiger partial charge is 0.349 e. The number of nitrogens with zero attached hydrogens (tertiary/aromatic N) is 1. The normalized spacial score (nSPS) is 35.4. The van der Waals surface area contributed by atoms with Crippen LogP contribution in [-0.4, -0.2) is 32.1 Å². The Bertz CT molecular complexity index is 92.2. The number of ether oxygens (including phenoxy) is 2. The van der Waals surface area contributed by atoms with Gasteiger partial charge in [0.1, 0.15) is 0 Å². The van der Waals surface area contributed by atoms with Gasteiger partial charge in [-0.2, -0.15) is 0 Å². The Morgan fingerprint density at radius 2 is 2.00 bits per heavy atom. The van der Waals surface area contributed by atoms with Gasteiger partial charge in [0.25, 0.3) is 0 Å². The molecule has 0 bridgehead atoms. The van der Waals surface area contributed by atoms with E-state index in [2.05, 4.69) is 5.32 Å². The Morgan fingerprint density at radius 3 is 2.60 bits per heavy atom. The smallest absolute Gasteiger partial charge is 0.174 e. The Labute approximate surface area is 60.7 Å². The summed E-state index contributed by atoms with van der Waals surface area (Å²) in [6, 6.07) is 0.336. The molecule has 2 heterocycles. The molecule has 1 radical (unpaired) electrons. The lowest BCUT2D eigenvalue weighted by Gasteiger charge is -2.14. The van der Waals surface area contributed by atoms with E-state index in [0.717, 1.165) is 26.2 Å². The highest BCUT2D eigenvalue weighted by atomic mass is 16.7. The van der Waals surface area contributed by atoms with E-state index in [1.807, 2.05) is 0 Å². The minimum Gasteiger partial charge on any atom is -0.349 e. The van der Waals surface area contributed by atoms with E-state index in [9.17, 15) is 0 Å². The van der Waals surface area contributed by atoms with Crippen LogP contribution in [0.5, 0.6) is 0 Å². The second-order valence-electron chi connectivity index (χ2n) is 2.73. The summed E-state index contributed by atoms with van der Waals surface area (Å²) in [5.41, 5.74) is 0. The molecule has 0 spiro atoms. The van der Waals surface area contributed by atoms with Gasteiger partial charge in [-0.3, -0.25) is 0 Å². The number of rotatable bonds is 1. The van der Waals surface area contributed by atoms with Crippen LogP contribution in [0.25, 0.3) is 0 Å². The molecule has 1 unspecified atom stereocenters. The molecule has 2 aliphatic heterocycles. The van der Waals surface area contributed by atoms with Gasteiger partial charge < -0.3 is 9.47 Å². The summed E-state index contributed by atoms with van der Waals surface area (Å²) >= 11 is 0. The summed E-state index contributed by atoms with van der Waals surface area (Å²) in [7, 11) is 0. The molecule has 3 nitrogen and oxygen atoms in total. The summed E-state index contributed by atoms with van der Waals surface area (Å²) in [5.74, 6) is 0. The minimum atomic E-state index is -0.0116. The second kappa shape index (κ2) is 2.86. The molecule has 10 heavy (non-hydrogen) atoms. The first kappa shape index (κ1) is 6.58. The van der Waals surface area contributed by atoms with Crippen molar-refractivity contribution in [3.63, 3.8) is 0 Å². The zero-order chi connectivity index (χ0) is 6.81. The van der Waals surface area contributed by atoms with Crippen LogP contribution >= 0.6 is 0 Å². The van der Waals surface area contributed by atoms with Gasteiger partial charge in [-0.25, -0.2) is 5.32 Å². The first-order valence-corrected chi connectivity index (χ1v) is 3.86. The van der Waals surface area contributed by atoms with Crippen molar-refractivity contribution in [1.29, 1.82) is 0 Å². The van der Waals surface area contributed by atoms with E-state index in [0.29, 0.717) is 6.04 Å². The van der Waals surface area contributed by atoms with Crippen molar-refractivity contribution in [2.75, 3.05) is 19.8 Å². The Hall–Kier alpha value is -0.120. The van der Waals surface area contributed by atoms with E-state index in [-0.39, 0.29) is 6.29 Å². The van der Waals surface area contributed by atoms with E-state index in [1.165, 1.54) is 6.42 Å². The fourth-order valence-corrected chi connectivity index (χ4v) is 1.47. The van der Waals surface area contributed by atoms with Gasteiger partial charge in [-0.1, -0.05) is 0 Å². The lowest BCUT2D eigenvalue weighted by molar-refractivity contribution is -0.0638. The van der Waals surface area contributed by atoms with Crippen LogP contribution in [0.1, 0.15) is 12.8 Å². The van der Waals surface area contributed by atoms with Crippen LogP contribution in [0.4, 0.5) is 0 Å². The molecule has 0 aromatic carbocycles. The summed E-state index contributed by atoms with van der Waals surface area (Å²) < 4.78 is 10.6. The zero-order valence-corrected chi connectivity index (χ0v) is 5.95. The van der Waals surface area contributed by atoms with Crippen molar-refractivity contribution in [1.82, 2.24) is 5.32 Å². The lowest BCUT2D eigenvalue weighted by Crippen LogP contribution is -2.30. The van der Waals surface area contributed by atoms with E-state index < -0.39 is 0 Å². The molecule has 2 fully saturated rings. The van der Waals surface area contributed by atoms with Gasteiger partial charge in [0.2, 0.25) is 0 Å². The molecule has 2 rings (SSSR count). The second-order valence-corrected chi connectivity index (χ2v) is 2.73. The van der Waals surface area contributed by atoms with Crippen molar-refractivity contribution in [3.8, 4) is 0 Å². The summed E-state index contributed by atoms with van der Waals surface area (Å²) in [5, 5.41) is 4.37. The predicted octanol–water partition coefficient (Wildman–Crippen LogP) is 0.126. The van der Waals surface area contributed by atoms with Gasteiger partial charge >= 0.3 is 0 Å².